The normalized spacial score (nSPS) is 19.3. The Morgan fingerprint density at radius 1 is 1.39 bits per heavy atom. The van der Waals surface area contributed by atoms with Crippen molar-refractivity contribution in [1.29, 1.82) is 0 Å². The second kappa shape index (κ2) is 6.45. The van der Waals surface area contributed by atoms with Gasteiger partial charge >= 0.3 is 0 Å². The maximum Gasteiger partial charge on any atom is 0.126 e. The van der Waals surface area contributed by atoms with Gasteiger partial charge in [-0.3, -0.25) is 4.90 Å². The van der Waals surface area contributed by atoms with Crippen molar-refractivity contribution >= 4 is 22.9 Å². The molecule has 120 valence electrons. The average Bonchev–Trinajstić information content (AvgIpc) is 3.28. The Morgan fingerprint density at radius 2 is 2.35 bits per heavy atom. The monoisotopic (exact) mass is 349 g/mol. The first-order valence-electron chi connectivity index (χ1n) is 7.40. The standard InChI is InChI=1S/C15H16ClN5OS/c16-13-2-1-12(23-13)10-7-19-15(20-10)11-9-22-6-5-21(11)8-14-17-3-4-18-14/h1-4,7,11H,5-6,8-9H2,(H,17,18)(H,19,20). The van der Waals surface area contributed by atoms with Gasteiger partial charge < -0.3 is 14.7 Å². The highest BCUT2D eigenvalue weighted by Crippen LogP contribution is 2.31. The molecule has 1 aliphatic rings. The third kappa shape index (κ3) is 3.18. The van der Waals surface area contributed by atoms with Crippen LogP contribution in [0.1, 0.15) is 17.7 Å². The van der Waals surface area contributed by atoms with Crippen LogP contribution in [-0.4, -0.2) is 44.6 Å². The Labute approximate surface area is 142 Å². The van der Waals surface area contributed by atoms with Gasteiger partial charge in [0.1, 0.15) is 11.6 Å². The molecule has 0 bridgehead atoms. The van der Waals surface area contributed by atoms with Gasteiger partial charge in [-0.2, -0.15) is 0 Å². The van der Waals surface area contributed by atoms with Crippen LogP contribution in [-0.2, 0) is 11.3 Å². The number of aromatic nitrogens is 4. The van der Waals surface area contributed by atoms with Gasteiger partial charge in [0.25, 0.3) is 0 Å². The number of H-pyrrole nitrogens is 2. The van der Waals surface area contributed by atoms with Crippen LogP contribution in [0.5, 0.6) is 0 Å². The lowest BCUT2D eigenvalue weighted by Crippen LogP contribution is -2.39. The fourth-order valence-electron chi connectivity index (χ4n) is 2.75. The van der Waals surface area contributed by atoms with Crippen LogP contribution in [0.25, 0.3) is 10.6 Å². The third-order valence-corrected chi connectivity index (χ3v) is 5.16. The largest absolute Gasteiger partial charge is 0.378 e. The molecule has 23 heavy (non-hydrogen) atoms. The van der Waals surface area contributed by atoms with E-state index in [1.807, 2.05) is 24.5 Å². The molecule has 3 aromatic rings. The van der Waals surface area contributed by atoms with Gasteiger partial charge in [-0.1, -0.05) is 11.6 Å². The number of nitrogens with one attached hydrogen (secondary N) is 2. The molecule has 0 saturated carbocycles. The number of hydrogen-bond donors (Lipinski definition) is 2. The lowest BCUT2D eigenvalue weighted by molar-refractivity contribution is -0.0166. The van der Waals surface area contributed by atoms with Gasteiger partial charge in [0.15, 0.2) is 0 Å². The molecule has 1 unspecified atom stereocenters. The number of hydrogen-bond acceptors (Lipinski definition) is 5. The number of rotatable bonds is 4. The molecule has 0 aliphatic carbocycles. The van der Waals surface area contributed by atoms with E-state index in [2.05, 4.69) is 24.8 Å². The zero-order chi connectivity index (χ0) is 15.6. The molecule has 1 saturated heterocycles. The zero-order valence-corrected chi connectivity index (χ0v) is 13.9. The summed E-state index contributed by atoms with van der Waals surface area (Å²) in [6.07, 6.45) is 5.48. The molecule has 4 rings (SSSR count). The molecule has 0 spiro atoms. The Morgan fingerprint density at radius 3 is 3.13 bits per heavy atom. The highest BCUT2D eigenvalue weighted by atomic mass is 35.5. The fourth-order valence-corrected chi connectivity index (χ4v) is 3.75. The summed E-state index contributed by atoms with van der Waals surface area (Å²) in [5.74, 6) is 1.87. The number of ether oxygens (including phenoxy) is 1. The Bertz CT molecular complexity index is 769. The SMILES string of the molecule is Clc1ccc(-c2cnc(C3COCCN3Cc3ncc[nH]3)[nH]2)s1. The van der Waals surface area contributed by atoms with Crippen LogP contribution < -0.4 is 0 Å². The molecule has 0 aromatic carbocycles. The second-order valence-corrected chi connectivity index (χ2v) is 7.10. The topological polar surface area (TPSA) is 69.8 Å². The molecule has 6 nitrogen and oxygen atoms in total. The first-order chi connectivity index (χ1) is 11.3. The predicted molar refractivity (Wildman–Crippen MR) is 89.5 cm³/mol. The molecule has 3 aromatic heterocycles. The Kier molecular flexibility index (Phi) is 4.17. The summed E-state index contributed by atoms with van der Waals surface area (Å²) < 4.78 is 6.43. The van der Waals surface area contributed by atoms with Crippen molar-refractivity contribution in [2.45, 2.75) is 12.6 Å². The third-order valence-electron chi connectivity index (χ3n) is 3.90. The highest BCUT2D eigenvalue weighted by Gasteiger charge is 2.27. The van der Waals surface area contributed by atoms with Crippen molar-refractivity contribution in [3.63, 3.8) is 0 Å². The van der Waals surface area contributed by atoms with Gasteiger partial charge in [-0.05, 0) is 12.1 Å². The number of nitrogens with zero attached hydrogens (tertiary/aromatic N) is 3. The highest BCUT2D eigenvalue weighted by molar-refractivity contribution is 7.19. The van der Waals surface area contributed by atoms with Gasteiger partial charge in [-0.25, -0.2) is 9.97 Å². The number of morpholine rings is 1. The molecule has 1 atom stereocenters. The number of aromatic amines is 2. The molecule has 8 heteroatoms. The summed E-state index contributed by atoms with van der Waals surface area (Å²) in [6, 6.07) is 4.00. The van der Waals surface area contributed by atoms with Crippen LogP contribution in [0.3, 0.4) is 0 Å². The average molecular weight is 350 g/mol. The van der Waals surface area contributed by atoms with Gasteiger partial charge in [0.05, 0.1) is 46.9 Å². The van der Waals surface area contributed by atoms with Crippen molar-refractivity contribution in [1.82, 2.24) is 24.8 Å². The summed E-state index contributed by atoms with van der Waals surface area (Å²) in [7, 11) is 0. The molecular weight excluding hydrogens is 334 g/mol. The van der Waals surface area contributed by atoms with Gasteiger partial charge in [-0.15, -0.1) is 11.3 Å². The van der Waals surface area contributed by atoms with Gasteiger partial charge in [0, 0.05) is 18.9 Å². The van der Waals surface area contributed by atoms with Crippen LogP contribution in [0.15, 0.2) is 30.7 Å². The lowest BCUT2D eigenvalue weighted by Gasteiger charge is -2.33. The van der Waals surface area contributed by atoms with Crippen LogP contribution in [0.2, 0.25) is 4.34 Å². The van der Waals surface area contributed by atoms with E-state index >= 15 is 0 Å². The minimum atomic E-state index is 0.0954. The fraction of sp³-hybridized carbons (Fsp3) is 0.333. The van der Waals surface area contributed by atoms with Crippen molar-refractivity contribution in [2.75, 3.05) is 19.8 Å². The van der Waals surface area contributed by atoms with E-state index in [4.69, 9.17) is 16.3 Å². The molecular formula is C15H16ClN5OS. The van der Waals surface area contributed by atoms with E-state index in [1.54, 1.807) is 6.20 Å². The molecule has 0 radical (unpaired) electrons. The van der Waals surface area contributed by atoms with E-state index in [-0.39, 0.29) is 6.04 Å². The second-order valence-electron chi connectivity index (χ2n) is 5.38. The maximum absolute atomic E-state index is 6.01. The van der Waals surface area contributed by atoms with Crippen molar-refractivity contribution in [3.8, 4) is 10.6 Å². The summed E-state index contributed by atoms with van der Waals surface area (Å²) in [6.45, 7) is 2.96. The van der Waals surface area contributed by atoms with E-state index in [0.29, 0.717) is 6.61 Å². The minimum Gasteiger partial charge on any atom is -0.378 e. The number of halogens is 1. The van der Waals surface area contributed by atoms with Crippen LogP contribution in [0, 0.1) is 0 Å². The number of imidazole rings is 2. The van der Waals surface area contributed by atoms with Crippen molar-refractivity contribution in [2.24, 2.45) is 0 Å². The van der Waals surface area contributed by atoms with Crippen molar-refractivity contribution in [3.05, 3.63) is 46.7 Å². The number of thiophene rings is 1. The minimum absolute atomic E-state index is 0.0954. The van der Waals surface area contributed by atoms with Crippen molar-refractivity contribution < 1.29 is 4.74 Å². The maximum atomic E-state index is 6.01. The Hall–Kier alpha value is -1.67. The van der Waals surface area contributed by atoms with E-state index in [1.165, 1.54) is 11.3 Å². The smallest absolute Gasteiger partial charge is 0.126 e. The van der Waals surface area contributed by atoms with Crippen LogP contribution >= 0.6 is 22.9 Å². The Balaban J connectivity index is 1.56. The molecule has 1 fully saturated rings. The lowest BCUT2D eigenvalue weighted by atomic mass is 10.2. The molecule has 1 aliphatic heterocycles. The summed E-state index contributed by atoms with van der Waals surface area (Å²) in [5.41, 5.74) is 0.987. The van der Waals surface area contributed by atoms with Crippen LogP contribution in [0.4, 0.5) is 0 Å². The first kappa shape index (κ1) is 14.9. The molecule has 2 N–H and O–H groups in total. The van der Waals surface area contributed by atoms with E-state index in [9.17, 15) is 0 Å². The summed E-state index contributed by atoms with van der Waals surface area (Å²) >= 11 is 7.55. The first-order valence-corrected chi connectivity index (χ1v) is 8.60. The summed E-state index contributed by atoms with van der Waals surface area (Å²) in [4.78, 5) is 18.8. The van der Waals surface area contributed by atoms with E-state index in [0.717, 1.165) is 46.3 Å². The quantitative estimate of drug-likeness (QED) is 0.759. The zero-order valence-electron chi connectivity index (χ0n) is 12.3. The van der Waals surface area contributed by atoms with E-state index < -0.39 is 0 Å². The molecule has 4 heterocycles. The molecule has 0 amide bonds. The summed E-state index contributed by atoms with van der Waals surface area (Å²) in [5, 5.41) is 0. The van der Waals surface area contributed by atoms with Gasteiger partial charge in [0.2, 0.25) is 0 Å². The predicted octanol–water partition coefficient (Wildman–Crippen LogP) is 3.09.